The van der Waals surface area contributed by atoms with Crippen molar-refractivity contribution in [3.63, 3.8) is 0 Å². The first kappa shape index (κ1) is 17.2. The van der Waals surface area contributed by atoms with E-state index in [9.17, 15) is 0 Å². The molecule has 2 aromatic rings. The van der Waals surface area contributed by atoms with Crippen molar-refractivity contribution in [1.29, 1.82) is 0 Å². The Morgan fingerprint density at radius 2 is 1.58 bits per heavy atom. The summed E-state index contributed by atoms with van der Waals surface area (Å²) in [5.74, 6) is -0.359. The summed E-state index contributed by atoms with van der Waals surface area (Å²) in [6.07, 6.45) is 1.18. The van der Waals surface area contributed by atoms with Crippen LogP contribution < -0.4 is 28.1 Å². The molecule has 4 heteroatoms. The molecule has 98 valence electrons. The second-order valence-electron chi connectivity index (χ2n) is 4.96. The summed E-state index contributed by atoms with van der Waals surface area (Å²) in [5.41, 5.74) is 6.20. The Labute approximate surface area is 140 Å². The second-order valence-corrected chi connectivity index (χ2v) is 19.5. The van der Waals surface area contributed by atoms with Gasteiger partial charge in [-0.25, -0.2) is 0 Å². The molecule has 1 aliphatic rings. The Balaban J connectivity index is 0.000000902. The van der Waals surface area contributed by atoms with Crippen molar-refractivity contribution >= 4 is 9.19 Å². The van der Waals surface area contributed by atoms with E-state index in [2.05, 4.69) is 55.6 Å². The molecule has 0 nitrogen and oxygen atoms in total. The van der Waals surface area contributed by atoms with Crippen molar-refractivity contribution in [1.82, 2.24) is 0 Å². The van der Waals surface area contributed by atoms with Gasteiger partial charge in [0.1, 0.15) is 0 Å². The first-order valence-corrected chi connectivity index (χ1v) is 14.6. The summed E-state index contributed by atoms with van der Waals surface area (Å²) in [4.78, 5) is 0. The average molecular weight is 387 g/mol. The third kappa shape index (κ3) is 3.42. The molecular weight excluding hydrogens is 370 g/mol. The van der Waals surface area contributed by atoms with Gasteiger partial charge in [-0.3, -0.25) is 0 Å². The largest absolute Gasteiger partial charge is 1.00 e. The molecule has 0 N–H and O–H groups in total. The van der Waals surface area contributed by atoms with Gasteiger partial charge in [0.05, 0.1) is 0 Å². The van der Waals surface area contributed by atoms with Crippen LogP contribution in [0.1, 0.15) is 11.1 Å². The van der Waals surface area contributed by atoms with Crippen LogP contribution in [0, 0.1) is 0 Å². The van der Waals surface area contributed by atoms with Crippen LogP contribution in [0.5, 0.6) is 0 Å². The van der Waals surface area contributed by atoms with Crippen molar-refractivity contribution in [2.24, 2.45) is 0 Å². The average Bonchev–Trinajstić information content (AvgIpc) is 2.68. The van der Waals surface area contributed by atoms with E-state index in [4.69, 9.17) is 0 Å². The van der Waals surface area contributed by atoms with Crippen molar-refractivity contribution in [2.45, 2.75) is 19.5 Å². The molecular formula is C15H16Cl2SiZr. The van der Waals surface area contributed by atoms with Crippen LogP contribution in [-0.2, 0) is 28.8 Å². The Morgan fingerprint density at radius 1 is 0.895 bits per heavy atom. The van der Waals surface area contributed by atoms with Gasteiger partial charge >= 0.3 is 116 Å². The number of fused-ring (bicyclic) bond motifs is 3. The van der Waals surface area contributed by atoms with Gasteiger partial charge in [0.15, 0.2) is 0 Å². The van der Waals surface area contributed by atoms with E-state index in [0.29, 0.717) is 0 Å². The Morgan fingerprint density at radius 3 is 2.32 bits per heavy atom. The minimum atomic E-state index is -0.359. The zero-order valence-corrected chi connectivity index (χ0v) is 16.2. The molecule has 0 saturated carbocycles. The normalized spacial score (nSPS) is 10.9. The molecule has 0 heterocycles. The van der Waals surface area contributed by atoms with Crippen molar-refractivity contribution < 1.29 is 47.2 Å². The van der Waals surface area contributed by atoms with Crippen LogP contribution in [0.3, 0.4) is 0 Å². The fourth-order valence-corrected chi connectivity index (χ4v) is 10.9. The molecule has 0 saturated heterocycles. The third-order valence-corrected chi connectivity index (χ3v) is 11.9. The number of hydrogen-bond donors (Lipinski definition) is 0. The molecule has 0 aromatic heterocycles. The third-order valence-electron chi connectivity index (χ3n) is 3.29. The van der Waals surface area contributed by atoms with Crippen LogP contribution >= 0.6 is 0 Å². The quantitative estimate of drug-likeness (QED) is 0.411. The van der Waals surface area contributed by atoms with Gasteiger partial charge in [-0.05, 0) is 0 Å². The molecule has 0 spiro atoms. The fraction of sp³-hybridized carbons (Fsp3) is 0.200. The predicted molar refractivity (Wildman–Crippen MR) is 73.2 cm³/mol. The Bertz CT molecular complexity index is 570. The zero-order valence-electron chi connectivity index (χ0n) is 11.1. The summed E-state index contributed by atoms with van der Waals surface area (Å²) in [7, 11) is 0. The van der Waals surface area contributed by atoms with E-state index in [1.54, 1.807) is 8.83 Å². The first-order valence-electron chi connectivity index (χ1n) is 6.22. The van der Waals surface area contributed by atoms with Crippen LogP contribution in [0.15, 0.2) is 42.5 Å². The van der Waals surface area contributed by atoms with Crippen LogP contribution in [0.25, 0.3) is 11.1 Å². The predicted octanol–water partition coefficient (Wildman–Crippen LogP) is -3.04. The molecule has 2 aromatic carbocycles. The van der Waals surface area contributed by atoms with Gasteiger partial charge < -0.3 is 24.8 Å². The van der Waals surface area contributed by atoms with E-state index in [1.807, 2.05) is 0 Å². The molecule has 0 atom stereocenters. The molecule has 0 radical (unpaired) electrons. The van der Waals surface area contributed by atoms with E-state index >= 15 is 0 Å². The fourth-order valence-electron chi connectivity index (χ4n) is 2.60. The maximum atomic E-state index is 2.51. The molecule has 1 aliphatic carbocycles. The smallest absolute Gasteiger partial charge is 1.00 e. The standard InChI is InChI=1S/C13H9.C2H7Si.2ClH.Zr/c1-3-7-12-10(5-1)9-11-6-2-4-8-13(11)12;1-3-2;;;/h1-5,7-8H,9H2;3H,1-2H3;2*1H;/q;;;;+2/p-2. The summed E-state index contributed by atoms with van der Waals surface area (Å²) >= 11 is -0.266. The van der Waals surface area contributed by atoms with E-state index in [0.717, 1.165) is 0 Å². The summed E-state index contributed by atoms with van der Waals surface area (Å²) in [5, 5.41) is 0. The van der Waals surface area contributed by atoms with E-state index in [1.165, 1.54) is 23.1 Å². The van der Waals surface area contributed by atoms with Gasteiger partial charge in [0.25, 0.3) is 0 Å². The van der Waals surface area contributed by atoms with Crippen LogP contribution in [0.4, 0.5) is 0 Å². The maximum absolute atomic E-state index is 2.51. The zero-order chi connectivity index (χ0) is 11.8. The van der Waals surface area contributed by atoms with Gasteiger partial charge in [-0.2, -0.15) is 0 Å². The summed E-state index contributed by atoms with van der Waals surface area (Å²) in [6.45, 7) is 5.02. The molecule has 19 heavy (non-hydrogen) atoms. The van der Waals surface area contributed by atoms with Crippen LogP contribution in [-0.4, -0.2) is 5.92 Å². The van der Waals surface area contributed by atoms with Gasteiger partial charge in [-0.1, -0.05) is 0 Å². The van der Waals surface area contributed by atoms with Gasteiger partial charge in [0, 0.05) is 0 Å². The SMILES string of the molecule is C[SiH](C)[Zr+2][c]1cccc2c1Cc1ccccc1-2.[Cl-].[Cl-]. The molecule has 0 amide bonds. The molecule has 0 aliphatic heterocycles. The van der Waals surface area contributed by atoms with E-state index in [-0.39, 0.29) is 53.1 Å². The molecule has 3 rings (SSSR count). The van der Waals surface area contributed by atoms with Crippen LogP contribution in [0.2, 0.25) is 13.1 Å². The van der Waals surface area contributed by atoms with Gasteiger partial charge in [0.2, 0.25) is 0 Å². The first-order chi connectivity index (χ1) is 8.25. The van der Waals surface area contributed by atoms with Crippen molar-refractivity contribution in [3.05, 3.63) is 53.6 Å². The Hall–Kier alpha value is 0.120. The van der Waals surface area contributed by atoms with E-state index < -0.39 is 0 Å². The number of benzene rings is 2. The molecule has 0 fully saturated rings. The summed E-state index contributed by atoms with van der Waals surface area (Å²) in [6, 6.07) is 15.9. The molecule has 0 unspecified atom stereocenters. The summed E-state index contributed by atoms with van der Waals surface area (Å²) < 4.78 is 1.77. The maximum Gasteiger partial charge on any atom is -1.00 e. The topological polar surface area (TPSA) is 0 Å². The monoisotopic (exact) mass is 384 g/mol. The number of hydrogen-bond acceptors (Lipinski definition) is 0. The molecule has 0 bridgehead atoms. The van der Waals surface area contributed by atoms with Gasteiger partial charge in [-0.15, -0.1) is 0 Å². The van der Waals surface area contributed by atoms with Crippen molar-refractivity contribution in [2.75, 3.05) is 0 Å². The minimum Gasteiger partial charge on any atom is -1.00 e. The minimum absolute atomic E-state index is 0. The second kappa shape index (κ2) is 7.22. The Kier molecular flexibility index (Phi) is 6.53. The number of rotatable bonds is 2. The van der Waals surface area contributed by atoms with Crippen molar-refractivity contribution in [3.8, 4) is 11.1 Å². The number of halogens is 2.